The lowest BCUT2D eigenvalue weighted by Gasteiger charge is -2.01. The van der Waals surface area contributed by atoms with Gasteiger partial charge < -0.3 is 4.74 Å². The van der Waals surface area contributed by atoms with Crippen LogP contribution in [0.3, 0.4) is 0 Å². The van der Waals surface area contributed by atoms with Gasteiger partial charge in [-0.25, -0.2) is 9.97 Å². The topological polar surface area (TPSA) is 35.0 Å². The van der Waals surface area contributed by atoms with Gasteiger partial charge in [0.2, 0.25) is 0 Å². The van der Waals surface area contributed by atoms with Gasteiger partial charge in [0, 0.05) is 18.9 Å². The smallest absolute Gasteiger partial charge is 0.133 e. The third-order valence-electron chi connectivity index (χ3n) is 1.32. The molecule has 0 saturated heterocycles. The summed E-state index contributed by atoms with van der Waals surface area (Å²) in [5.41, 5.74) is 0. The first-order chi connectivity index (χ1) is 6.22. The molecule has 0 fully saturated rings. The van der Waals surface area contributed by atoms with Crippen LogP contribution in [0, 0.1) is 6.92 Å². The maximum Gasteiger partial charge on any atom is 0.133 e. The van der Waals surface area contributed by atoms with E-state index < -0.39 is 0 Å². The number of halogens is 1. The summed E-state index contributed by atoms with van der Waals surface area (Å²) in [5.74, 6) is 1.58. The van der Waals surface area contributed by atoms with Crippen LogP contribution in [0.1, 0.15) is 5.82 Å². The predicted octanol–water partition coefficient (Wildman–Crippen LogP) is 2.18. The second kappa shape index (κ2) is 5.42. The fourth-order valence-corrected chi connectivity index (χ4v) is 1.95. The van der Waals surface area contributed by atoms with Gasteiger partial charge in [0.1, 0.15) is 16.0 Å². The van der Waals surface area contributed by atoms with Crippen LogP contribution in [-0.2, 0) is 4.74 Å². The number of ether oxygens (including phenoxy) is 1. The number of thioether (sulfide) groups is 1. The highest BCUT2D eigenvalue weighted by atomic mass is 35.5. The molecule has 0 aliphatic heterocycles. The number of nitrogens with zero attached hydrogens (tertiary/aromatic N) is 2. The highest BCUT2D eigenvalue weighted by molar-refractivity contribution is 7.99. The van der Waals surface area contributed by atoms with Crippen LogP contribution < -0.4 is 0 Å². The molecule has 3 nitrogen and oxygen atoms in total. The van der Waals surface area contributed by atoms with Crippen molar-refractivity contribution in [3.8, 4) is 0 Å². The Morgan fingerprint density at radius 1 is 1.54 bits per heavy atom. The number of rotatable bonds is 4. The summed E-state index contributed by atoms with van der Waals surface area (Å²) in [5, 5.41) is 1.39. The Labute approximate surface area is 86.9 Å². The van der Waals surface area contributed by atoms with Crippen LogP contribution in [0.15, 0.2) is 11.1 Å². The molecule has 0 unspecified atom stereocenters. The van der Waals surface area contributed by atoms with Crippen molar-refractivity contribution in [2.24, 2.45) is 0 Å². The normalized spacial score (nSPS) is 10.4. The zero-order valence-corrected chi connectivity index (χ0v) is 9.15. The molecule has 0 atom stereocenters. The fraction of sp³-hybridized carbons (Fsp3) is 0.500. The second-order valence-electron chi connectivity index (χ2n) is 2.42. The van der Waals surface area contributed by atoms with Gasteiger partial charge >= 0.3 is 0 Å². The molecule has 1 heterocycles. The van der Waals surface area contributed by atoms with Gasteiger partial charge in [-0.2, -0.15) is 0 Å². The van der Waals surface area contributed by atoms with Gasteiger partial charge in [-0.05, 0) is 6.92 Å². The van der Waals surface area contributed by atoms with Crippen LogP contribution in [0.5, 0.6) is 0 Å². The van der Waals surface area contributed by atoms with Gasteiger partial charge in [0.25, 0.3) is 0 Å². The Morgan fingerprint density at radius 3 is 2.92 bits per heavy atom. The molecule has 1 aromatic heterocycles. The average Bonchev–Trinajstić information content (AvgIpc) is 2.03. The van der Waals surface area contributed by atoms with E-state index in [4.69, 9.17) is 16.3 Å². The third-order valence-corrected chi connectivity index (χ3v) is 2.39. The summed E-state index contributed by atoms with van der Waals surface area (Å²) in [6.45, 7) is 2.54. The summed E-state index contributed by atoms with van der Waals surface area (Å²) in [6, 6.07) is 1.76. The molecular weight excluding hydrogens is 208 g/mol. The molecule has 0 bridgehead atoms. The van der Waals surface area contributed by atoms with Crippen molar-refractivity contribution in [3.63, 3.8) is 0 Å². The van der Waals surface area contributed by atoms with Crippen molar-refractivity contribution in [1.82, 2.24) is 9.97 Å². The summed E-state index contributed by atoms with van der Waals surface area (Å²) in [7, 11) is 1.68. The highest BCUT2D eigenvalue weighted by Gasteiger charge is 1.99. The summed E-state index contributed by atoms with van der Waals surface area (Å²) < 4.78 is 4.93. The van der Waals surface area contributed by atoms with Gasteiger partial charge in [0.05, 0.1) is 6.61 Å². The SMILES string of the molecule is COCCSc1cc(Cl)nc(C)n1. The quantitative estimate of drug-likeness (QED) is 0.441. The minimum atomic E-state index is 0.493. The number of hydrogen-bond donors (Lipinski definition) is 0. The van der Waals surface area contributed by atoms with E-state index in [1.54, 1.807) is 24.9 Å². The minimum Gasteiger partial charge on any atom is -0.384 e. The first-order valence-corrected chi connectivity index (χ1v) is 5.21. The molecule has 1 aromatic rings. The van der Waals surface area contributed by atoms with Crippen LogP contribution in [-0.4, -0.2) is 29.4 Å². The zero-order valence-electron chi connectivity index (χ0n) is 7.58. The van der Waals surface area contributed by atoms with Crippen LogP contribution in [0.25, 0.3) is 0 Å². The van der Waals surface area contributed by atoms with Crippen molar-refractivity contribution >= 4 is 23.4 Å². The largest absolute Gasteiger partial charge is 0.384 e. The van der Waals surface area contributed by atoms with E-state index in [1.165, 1.54) is 0 Å². The van der Waals surface area contributed by atoms with Crippen molar-refractivity contribution in [2.75, 3.05) is 19.5 Å². The van der Waals surface area contributed by atoms with Gasteiger partial charge in [-0.15, -0.1) is 11.8 Å². The average molecular weight is 219 g/mol. The van der Waals surface area contributed by atoms with Crippen LogP contribution >= 0.6 is 23.4 Å². The summed E-state index contributed by atoms with van der Waals surface area (Å²) in [6.07, 6.45) is 0. The molecule has 0 aliphatic rings. The van der Waals surface area contributed by atoms with Gasteiger partial charge in [-0.1, -0.05) is 11.6 Å². The fourth-order valence-electron chi connectivity index (χ4n) is 0.809. The van der Waals surface area contributed by atoms with E-state index in [-0.39, 0.29) is 0 Å². The molecule has 72 valence electrons. The summed E-state index contributed by atoms with van der Waals surface area (Å²) >= 11 is 7.38. The molecule has 1 rings (SSSR count). The van der Waals surface area contributed by atoms with E-state index in [0.29, 0.717) is 17.6 Å². The van der Waals surface area contributed by atoms with Gasteiger partial charge in [-0.3, -0.25) is 0 Å². The molecule has 0 amide bonds. The molecule has 0 aliphatic carbocycles. The van der Waals surface area contributed by atoms with E-state index >= 15 is 0 Å². The van der Waals surface area contributed by atoms with Gasteiger partial charge in [0.15, 0.2) is 0 Å². The number of methoxy groups -OCH3 is 1. The van der Waals surface area contributed by atoms with E-state index in [1.807, 2.05) is 6.92 Å². The van der Waals surface area contributed by atoms with E-state index in [0.717, 1.165) is 10.8 Å². The monoisotopic (exact) mass is 218 g/mol. The molecule has 5 heteroatoms. The van der Waals surface area contributed by atoms with Crippen molar-refractivity contribution < 1.29 is 4.74 Å². The van der Waals surface area contributed by atoms with E-state index in [2.05, 4.69) is 9.97 Å². The number of aromatic nitrogens is 2. The summed E-state index contributed by atoms with van der Waals surface area (Å²) in [4.78, 5) is 8.19. The first kappa shape index (κ1) is 10.8. The van der Waals surface area contributed by atoms with E-state index in [9.17, 15) is 0 Å². The molecule has 0 N–H and O–H groups in total. The molecular formula is C8H11ClN2OS. The lowest BCUT2D eigenvalue weighted by Crippen LogP contribution is -1.94. The maximum atomic E-state index is 5.77. The number of hydrogen-bond acceptors (Lipinski definition) is 4. The Kier molecular flexibility index (Phi) is 4.48. The van der Waals surface area contributed by atoms with Crippen molar-refractivity contribution in [3.05, 3.63) is 17.0 Å². The molecule has 0 spiro atoms. The van der Waals surface area contributed by atoms with Crippen LogP contribution in [0.4, 0.5) is 0 Å². The molecule has 0 saturated carbocycles. The van der Waals surface area contributed by atoms with Crippen LogP contribution in [0.2, 0.25) is 5.15 Å². The number of aryl methyl sites for hydroxylation is 1. The lowest BCUT2D eigenvalue weighted by atomic mass is 10.6. The Hall–Kier alpha value is -0.320. The van der Waals surface area contributed by atoms with Crippen molar-refractivity contribution in [2.45, 2.75) is 11.9 Å². The first-order valence-electron chi connectivity index (χ1n) is 3.85. The lowest BCUT2D eigenvalue weighted by molar-refractivity contribution is 0.218. The maximum absolute atomic E-state index is 5.77. The Balaban J connectivity index is 2.56. The Morgan fingerprint density at radius 2 is 2.31 bits per heavy atom. The molecule has 0 aromatic carbocycles. The molecule has 13 heavy (non-hydrogen) atoms. The Bertz CT molecular complexity index is 263. The second-order valence-corrected chi connectivity index (χ2v) is 3.92. The molecule has 0 radical (unpaired) electrons. The predicted molar refractivity (Wildman–Crippen MR) is 54.4 cm³/mol. The van der Waals surface area contributed by atoms with Crippen molar-refractivity contribution in [1.29, 1.82) is 0 Å². The minimum absolute atomic E-state index is 0.493. The zero-order chi connectivity index (χ0) is 9.68. The highest BCUT2D eigenvalue weighted by Crippen LogP contribution is 2.17. The third kappa shape index (κ3) is 3.93. The standard InChI is InChI=1S/C8H11ClN2OS/c1-6-10-7(9)5-8(11-6)13-4-3-12-2/h5H,3-4H2,1-2H3.